The normalized spacial score (nSPS) is 11.5. The molecular weight excluding hydrogens is 412 g/mol. The number of carbonyl (C=O) groups excluding carboxylic acids is 1. The summed E-state index contributed by atoms with van der Waals surface area (Å²) >= 11 is 0. The maximum Gasteiger partial charge on any atom is 0.347 e. The molecule has 3 rings (SSSR count). The summed E-state index contributed by atoms with van der Waals surface area (Å²) in [5, 5.41) is 0.728. The fourth-order valence-corrected chi connectivity index (χ4v) is 3.84. The molecule has 0 radical (unpaired) electrons. The number of fused-ring (bicyclic) bond motifs is 1. The number of ketones is 1. The van der Waals surface area contributed by atoms with Gasteiger partial charge < -0.3 is 14.2 Å². The van der Waals surface area contributed by atoms with E-state index < -0.39 is 5.63 Å². The highest BCUT2D eigenvalue weighted by molar-refractivity contribution is 6.06. The molecule has 0 aliphatic carbocycles. The van der Waals surface area contributed by atoms with E-state index in [4.69, 9.17) is 4.42 Å². The van der Waals surface area contributed by atoms with Crippen LogP contribution >= 0.6 is 0 Å². The van der Waals surface area contributed by atoms with Crippen LogP contribution in [0, 0.1) is 0 Å². The Morgan fingerprint density at radius 3 is 2.06 bits per heavy atom. The Balaban J connectivity index is 1.72. The summed E-state index contributed by atoms with van der Waals surface area (Å²) in [6.45, 7) is 12.1. The Morgan fingerprint density at radius 2 is 1.42 bits per heavy atom. The summed E-state index contributed by atoms with van der Waals surface area (Å²) in [6, 6.07) is 15.6. The zero-order chi connectivity index (χ0) is 23.8. The van der Waals surface area contributed by atoms with Crippen molar-refractivity contribution < 1.29 is 9.21 Å². The fourth-order valence-electron chi connectivity index (χ4n) is 3.84. The molecule has 0 amide bonds. The van der Waals surface area contributed by atoms with Crippen LogP contribution in [0.2, 0.25) is 0 Å². The van der Waals surface area contributed by atoms with Crippen LogP contribution in [0.25, 0.3) is 17.0 Å². The lowest BCUT2D eigenvalue weighted by Crippen LogP contribution is -2.21. The quantitative estimate of drug-likeness (QED) is 0.168. The van der Waals surface area contributed by atoms with Crippen molar-refractivity contribution in [3.63, 3.8) is 0 Å². The first-order valence-electron chi connectivity index (χ1n) is 11.6. The molecule has 0 fully saturated rings. The zero-order valence-corrected chi connectivity index (χ0v) is 19.9. The third-order valence-electron chi connectivity index (χ3n) is 5.78. The summed E-state index contributed by atoms with van der Waals surface area (Å²) in [5.74, 6) is -0.375. The number of rotatable bonds is 10. The molecule has 33 heavy (non-hydrogen) atoms. The van der Waals surface area contributed by atoms with Crippen molar-refractivity contribution in [2.24, 2.45) is 0 Å². The summed E-state index contributed by atoms with van der Waals surface area (Å²) in [4.78, 5) is 29.5. The van der Waals surface area contributed by atoms with E-state index in [1.165, 1.54) is 11.8 Å². The van der Waals surface area contributed by atoms with Crippen LogP contribution in [0.1, 0.15) is 43.6 Å². The molecule has 1 aromatic heterocycles. The van der Waals surface area contributed by atoms with Gasteiger partial charge in [-0.1, -0.05) is 30.4 Å². The minimum Gasteiger partial charge on any atom is -0.422 e. The van der Waals surface area contributed by atoms with Gasteiger partial charge in [-0.25, -0.2) is 4.79 Å². The lowest BCUT2D eigenvalue weighted by Gasteiger charge is -2.20. The lowest BCUT2D eigenvalue weighted by atomic mass is 10.1. The highest BCUT2D eigenvalue weighted by Gasteiger charge is 2.12. The lowest BCUT2D eigenvalue weighted by molar-refractivity contribution is 0.104. The Kier molecular flexibility index (Phi) is 8.25. The summed E-state index contributed by atoms with van der Waals surface area (Å²) in [5.41, 5.74) is 3.12. The van der Waals surface area contributed by atoms with E-state index in [0.29, 0.717) is 5.58 Å². The van der Waals surface area contributed by atoms with Gasteiger partial charge >= 0.3 is 5.63 Å². The van der Waals surface area contributed by atoms with E-state index in [1.807, 2.05) is 36.4 Å². The molecular formula is C28H32N2O3. The van der Waals surface area contributed by atoms with Gasteiger partial charge in [-0.15, -0.1) is 0 Å². The van der Waals surface area contributed by atoms with E-state index in [1.54, 1.807) is 18.2 Å². The van der Waals surface area contributed by atoms with Gasteiger partial charge in [0.25, 0.3) is 0 Å². The summed E-state index contributed by atoms with van der Waals surface area (Å²) in [6.07, 6.45) is 6.76. The number of carbonyl (C=O) groups is 1. The van der Waals surface area contributed by atoms with E-state index in [-0.39, 0.29) is 11.3 Å². The molecule has 0 aliphatic heterocycles. The van der Waals surface area contributed by atoms with Crippen LogP contribution in [0.4, 0.5) is 11.4 Å². The predicted molar refractivity (Wildman–Crippen MR) is 139 cm³/mol. The molecule has 0 atom stereocenters. The second kappa shape index (κ2) is 11.3. The Hall–Kier alpha value is -3.60. The third-order valence-corrected chi connectivity index (χ3v) is 5.78. The first-order chi connectivity index (χ1) is 16.0. The van der Waals surface area contributed by atoms with Crippen molar-refractivity contribution in [3.8, 4) is 0 Å². The second-order valence-corrected chi connectivity index (χ2v) is 7.69. The number of nitrogens with zero attached hydrogens (tertiary/aromatic N) is 2. The second-order valence-electron chi connectivity index (χ2n) is 7.69. The SMILES string of the molecule is CCN(CC)c1ccc(C=CC=CC(=O)c2cc3ccc(N(CC)CC)cc3oc2=O)cc1. The van der Waals surface area contributed by atoms with Gasteiger partial charge in [0.05, 0.1) is 0 Å². The van der Waals surface area contributed by atoms with Gasteiger partial charge in [-0.2, -0.15) is 0 Å². The number of allylic oxidation sites excluding steroid dienone is 3. The molecule has 5 nitrogen and oxygen atoms in total. The zero-order valence-electron chi connectivity index (χ0n) is 19.9. The Labute approximate surface area is 195 Å². The monoisotopic (exact) mass is 444 g/mol. The van der Waals surface area contributed by atoms with Crippen LogP contribution in [0.3, 0.4) is 0 Å². The first-order valence-corrected chi connectivity index (χ1v) is 11.6. The van der Waals surface area contributed by atoms with Crippen LogP contribution < -0.4 is 15.4 Å². The predicted octanol–water partition coefficient (Wildman–Crippen LogP) is 5.94. The van der Waals surface area contributed by atoms with E-state index in [9.17, 15) is 9.59 Å². The first kappa shape index (κ1) is 24.1. The van der Waals surface area contributed by atoms with E-state index in [2.05, 4.69) is 49.6 Å². The largest absolute Gasteiger partial charge is 0.422 e. The fraction of sp³-hybridized carbons (Fsp3) is 0.286. The molecule has 172 valence electrons. The summed E-state index contributed by atoms with van der Waals surface area (Å²) in [7, 11) is 0. The Bertz CT molecular complexity index is 1200. The van der Waals surface area contributed by atoms with Crippen LogP contribution in [-0.2, 0) is 0 Å². The topological polar surface area (TPSA) is 53.8 Å². The third kappa shape index (κ3) is 5.80. The maximum atomic E-state index is 12.6. The van der Waals surface area contributed by atoms with Gasteiger partial charge in [-0.05, 0) is 69.7 Å². The van der Waals surface area contributed by atoms with E-state index >= 15 is 0 Å². The molecule has 0 spiro atoms. The number of hydrogen-bond acceptors (Lipinski definition) is 5. The van der Waals surface area contributed by atoms with Gasteiger partial charge in [0.15, 0.2) is 5.78 Å². The molecule has 1 heterocycles. The maximum absolute atomic E-state index is 12.6. The average molecular weight is 445 g/mol. The standard InChI is InChI=1S/C28H32N2O3/c1-5-29(6-2)23-16-13-21(14-17-23)11-9-10-12-26(31)25-19-22-15-18-24(30(7-3)8-4)20-27(22)33-28(25)32/h9-20H,5-8H2,1-4H3. The molecule has 0 N–H and O–H groups in total. The van der Waals surface area contributed by atoms with Crippen molar-refractivity contribution in [3.05, 3.63) is 88.3 Å². The Morgan fingerprint density at radius 1 is 0.818 bits per heavy atom. The van der Waals surface area contributed by atoms with Crippen LogP contribution in [0.15, 0.2) is 76.0 Å². The molecule has 0 saturated heterocycles. The van der Waals surface area contributed by atoms with Gasteiger partial charge in [-0.3, -0.25) is 4.79 Å². The molecule has 3 aromatic rings. The molecule has 0 bridgehead atoms. The molecule has 0 aliphatic rings. The minimum absolute atomic E-state index is 0.0336. The van der Waals surface area contributed by atoms with Crippen molar-refractivity contribution in [1.82, 2.24) is 0 Å². The minimum atomic E-state index is -0.621. The number of anilines is 2. The van der Waals surface area contributed by atoms with Crippen molar-refractivity contribution in [1.29, 1.82) is 0 Å². The molecule has 0 unspecified atom stereocenters. The molecule has 2 aromatic carbocycles. The van der Waals surface area contributed by atoms with Gasteiger partial charge in [0.2, 0.25) is 0 Å². The molecule has 0 saturated carbocycles. The van der Waals surface area contributed by atoms with E-state index in [0.717, 1.165) is 42.8 Å². The van der Waals surface area contributed by atoms with Gasteiger partial charge in [0.1, 0.15) is 11.1 Å². The highest BCUT2D eigenvalue weighted by atomic mass is 16.4. The molecule has 5 heteroatoms. The smallest absolute Gasteiger partial charge is 0.347 e. The van der Waals surface area contributed by atoms with Gasteiger partial charge in [0, 0.05) is 49.0 Å². The highest BCUT2D eigenvalue weighted by Crippen LogP contribution is 2.22. The number of hydrogen-bond donors (Lipinski definition) is 0. The van der Waals surface area contributed by atoms with Crippen LogP contribution in [-0.4, -0.2) is 32.0 Å². The number of benzene rings is 2. The summed E-state index contributed by atoms with van der Waals surface area (Å²) < 4.78 is 5.46. The van der Waals surface area contributed by atoms with Crippen molar-refractivity contribution in [2.75, 3.05) is 36.0 Å². The average Bonchev–Trinajstić information content (AvgIpc) is 2.83. The van der Waals surface area contributed by atoms with Crippen LogP contribution in [0.5, 0.6) is 0 Å². The van der Waals surface area contributed by atoms with Crippen molar-refractivity contribution in [2.45, 2.75) is 27.7 Å². The van der Waals surface area contributed by atoms with Crippen molar-refractivity contribution >= 4 is 34.2 Å².